The molecule has 0 spiro atoms. The van der Waals surface area contributed by atoms with Crippen molar-refractivity contribution in [1.29, 1.82) is 0 Å². The molecule has 0 fully saturated rings. The second-order valence-electron chi connectivity index (χ2n) is 9.73. The Bertz CT molecular complexity index is 890. The first-order valence-corrected chi connectivity index (χ1v) is 16.0. The molecule has 0 aliphatic carbocycles. The lowest BCUT2D eigenvalue weighted by molar-refractivity contribution is 0.0950. The van der Waals surface area contributed by atoms with Crippen LogP contribution in [0, 0.1) is 0 Å². The molecule has 1 unspecified atom stereocenters. The molecule has 0 aliphatic heterocycles. The number of alkyl halides is 2. The molecule has 4 nitrogen and oxygen atoms in total. The van der Waals surface area contributed by atoms with Crippen molar-refractivity contribution in [1.82, 2.24) is 5.32 Å². The van der Waals surface area contributed by atoms with Gasteiger partial charge in [-0.15, -0.1) is 0 Å². The maximum absolute atomic E-state index is 12.8. The highest BCUT2D eigenvalue weighted by Crippen LogP contribution is 2.36. The molecule has 0 radical (unpaired) electrons. The molecule has 0 aromatic heterocycles. The number of aromatic hydroxyl groups is 1. The molecule has 0 bridgehead atoms. The smallest absolute Gasteiger partial charge is 0.255 e. The number of carbonyl (C=O) groups is 1. The van der Waals surface area contributed by atoms with Crippen LogP contribution >= 0.6 is 31.9 Å². The number of nitrogens with one attached hydrogen (secondary N) is 1. The number of amides is 1. The fourth-order valence-corrected chi connectivity index (χ4v) is 4.78. The summed E-state index contributed by atoms with van der Waals surface area (Å²) in [6, 6.07) is 9.14. The topological polar surface area (TPSA) is 58.6 Å². The first-order chi connectivity index (χ1) is 17.6. The lowest BCUT2D eigenvalue weighted by Crippen LogP contribution is -2.24. The normalized spacial score (nSPS) is 12.1. The van der Waals surface area contributed by atoms with E-state index in [1.165, 1.54) is 77.0 Å². The van der Waals surface area contributed by atoms with E-state index in [0.717, 1.165) is 23.6 Å². The standard InChI is InChI=1S/C30H45Br2NO3/c1-2-3-4-5-6-7-8-9-10-11-12-13-14-17-20-33-30(35)27-21-28(36-23-24(32)22-31)25-18-15-16-19-26(25)29(27)34/h15-16,18-19,21,24,34H,2-14,17,20,22-23H2,1H3,(H,33,35). The lowest BCUT2D eigenvalue weighted by Gasteiger charge is -2.15. The molecule has 0 aliphatic rings. The molecule has 202 valence electrons. The highest BCUT2D eigenvalue weighted by Gasteiger charge is 2.18. The predicted molar refractivity (Wildman–Crippen MR) is 160 cm³/mol. The van der Waals surface area contributed by atoms with Gasteiger partial charge in [-0.05, 0) is 12.5 Å². The largest absolute Gasteiger partial charge is 0.506 e. The SMILES string of the molecule is CCCCCCCCCCCCCCCCNC(=O)c1cc(OCC(Br)CBr)c2ccccc2c1O. The van der Waals surface area contributed by atoms with Crippen LogP contribution in [0.1, 0.15) is 107 Å². The maximum Gasteiger partial charge on any atom is 0.255 e. The van der Waals surface area contributed by atoms with Gasteiger partial charge < -0.3 is 15.2 Å². The Morgan fingerprint density at radius 1 is 0.889 bits per heavy atom. The zero-order chi connectivity index (χ0) is 26.0. The first kappa shape index (κ1) is 31.0. The summed E-state index contributed by atoms with van der Waals surface area (Å²) in [4.78, 5) is 13.0. The third kappa shape index (κ3) is 11.4. The van der Waals surface area contributed by atoms with Crippen molar-refractivity contribution in [2.45, 2.75) is 102 Å². The first-order valence-electron chi connectivity index (χ1n) is 13.9. The molecular formula is C30H45Br2NO3. The molecule has 2 N–H and O–H groups in total. The van der Waals surface area contributed by atoms with E-state index < -0.39 is 0 Å². The lowest BCUT2D eigenvalue weighted by atomic mass is 10.0. The van der Waals surface area contributed by atoms with Crippen LogP contribution in [0.25, 0.3) is 10.8 Å². The average molecular weight is 628 g/mol. The van der Waals surface area contributed by atoms with Crippen LogP contribution in [0.2, 0.25) is 0 Å². The highest BCUT2D eigenvalue weighted by molar-refractivity contribution is 9.12. The van der Waals surface area contributed by atoms with Crippen LogP contribution in [-0.2, 0) is 0 Å². The minimum Gasteiger partial charge on any atom is -0.506 e. The van der Waals surface area contributed by atoms with Gasteiger partial charge in [0.05, 0.1) is 10.4 Å². The number of rotatable bonds is 20. The molecule has 2 aromatic carbocycles. The number of halogens is 2. The maximum atomic E-state index is 12.8. The summed E-state index contributed by atoms with van der Waals surface area (Å²) in [5.41, 5.74) is 0.263. The van der Waals surface area contributed by atoms with E-state index in [1.54, 1.807) is 6.07 Å². The van der Waals surface area contributed by atoms with Crippen LogP contribution in [0.4, 0.5) is 0 Å². The Balaban J connectivity index is 1.66. The van der Waals surface area contributed by atoms with Gasteiger partial charge in [-0.1, -0.05) is 147 Å². The van der Waals surface area contributed by atoms with Crippen LogP contribution in [0.5, 0.6) is 11.5 Å². The van der Waals surface area contributed by atoms with E-state index in [4.69, 9.17) is 4.74 Å². The molecule has 6 heteroatoms. The Hall–Kier alpha value is -1.27. The van der Waals surface area contributed by atoms with Crippen molar-refractivity contribution in [3.63, 3.8) is 0 Å². The van der Waals surface area contributed by atoms with E-state index in [2.05, 4.69) is 44.1 Å². The van der Waals surface area contributed by atoms with Crippen LogP contribution in [0.3, 0.4) is 0 Å². The van der Waals surface area contributed by atoms with Gasteiger partial charge in [0.15, 0.2) is 0 Å². The summed E-state index contributed by atoms with van der Waals surface area (Å²) in [5, 5.41) is 15.9. The fraction of sp³-hybridized carbons (Fsp3) is 0.633. The molecule has 0 saturated heterocycles. The van der Waals surface area contributed by atoms with Crippen molar-refractivity contribution >= 4 is 48.5 Å². The number of ether oxygens (including phenoxy) is 1. The number of carbonyl (C=O) groups excluding carboxylic acids is 1. The zero-order valence-electron chi connectivity index (χ0n) is 22.0. The highest BCUT2D eigenvalue weighted by atomic mass is 79.9. The third-order valence-corrected chi connectivity index (χ3v) is 8.86. The van der Waals surface area contributed by atoms with Crippen molar-refractivity contribution in [3.05, 3.63) is 35.9 Å². The van der Waals surface area contributed by atoms with E-state index >= 15 is 0 Å². The number of phenols is 1. The van der Waals surface area contributed by atoms with Crippen molar-refractivity contribution in [2.75, 3.05) is 18.5 Å². The van der Waals surface area contributed by atoms with E-state index in [1.807, 2.05) is 24.3 Å². The second-order valence-corrected chi connectivity index (χ2v) is 11.7. The number of hydrogen-bond acceptors (Lipinski definition) is 3. The third-order valence-electron chi connectivity index (χ3n) is 6.63. The van der Waals surface area contributed by atoms with Crippen LogP contribution < -0.4 is 10.1 Å². The minimum absolute atomic E-state index is 0.00675. The summed E-state index contributed by atoms with van der Waals surface area (Å²) < 4.78 is 5.98. The van der Waals surface area contributed by atoms with E-state index in [0.29, 0.717) is 24.3 Å². The summed E-state index contributed by atoms with van der Waals surface area (Å²) in [6.45, 7) is 3.35. The number of fused-ring (bicyclic) bond motifs is 1. The molecule has 0 heterocycles. The fourth-order valence-electron chi connectivity index (χ4n) is 4.46. The van der Waals surface area contributed by atoms with Gasteiger partial charge in [-0.3, -0.25) is 4.79 Å². The average Bonchev–Trinajstić information content (AvgIpc) is 2.90. The number of unbranched alkanes of at least 4 members (excludes halogenated alkanes) is 13. The molecule has 0 saturated carbocycles. The van der Waals surface area contributed by atoms with Crippen LogP contribution in [0.15, 0.2) is 30.3 Å². The molecule has 2 aromatic rings. The summed E-state index contributed by atoms with van der Waals surface area (Å²) in [7, 11) is 0. The molecule has 36 heavy (non-hydrogen) atoms. The summed E-state index contributed by atoms with van der Waals surface area (Å²) in [5.74, 6) is 0.358. The summed E-state index contributed by atoms with van der Waals surface area (Å²) in [6.07, 6.45) is 18.3. The minimum atomic E-state index is -0.256. The van der Waals surface area contributed by atoms with Crippen LogP contribution in [-0.4, -0.2) is 34.3 Å². The van der Waals surface area contributed by atoms with Gasteiger partial charge in [0.1, 0.15) is 18.1 Å². The quantitative estimate of drug-likeness (QED) is 0.114. The zero-order valence-corrected chi connectivity index (χ0v) is 25.2. The van der Waals surface area contributed by atoms with Gasteiger partial charge in [0, 0.05) is 22.6 Å². The Morgan fingerprint density at radius 3 is 1.97 bits per heavy atom. The number of hydrogen-bond donors (Lipinski definition) is 2. The van der Waals surface area contributed by atoms with Crippen molar-refractivity contribution in [3.8, 4) is 11.5 Å². The monoisotopic (exact) mass is 625 g/mol. The van der Waals surface area contributed by atoms with Gasteiger partial charge in [0.2, 0.25) is 0 Å². The Morgan fingerprint density at radius 2 is 1.42 bits per heavy atom. The van der Waals surface area contributed by atoms with Crippen molar-refractivity contribution < 1.29 is 14.6 Å². The van der Waals surface area contributed by atoms with Crippen molar-refractivity contribution in [2.24, 2.45) is 0 Å². The van der Waals surface area contributed by atoms with E-state index in [-0.39, 0.29) is 22.0 Å². The van der Waals surface area contributed by atoms with Gasteiger partial charge in [-0.25, -0.2) is 0 Å². The van der Waals surface area contributed by atoms with Gasteiger partial charge in [-0.2, -0.15) is 0 Å². The Kier molecular flexibility index (Phi) is 16.2. The van der Waals surface area contributed by atoms with Gasteiger partial charge in [0.25, 0.3) is 5.91 Å². The summed E-state index contributed by atoms with van der Waals surface area (Å²) >= 11 is 6.98. The molecule has 1 amide bonds. The molecule has 1 atom stereocenters. The van der Waals surface area contributed by atoms with E-state index in [9.17, 15) is 9.90 Å². The molecule has 2 rings (SSSR count). The number of benzene rings is 2. The van der Waals surface area contributed by atoms with Gasteiger partial charge >= 0.3 is 0 Å². The predicted octanol–water partition coefficient (Wildman–Crippen LogP) is 9.29. The Labute approximate surface area is 235 Å². The second kappa shape index (κ2) is 18.9. The number of phenolic OH excluding ortho intramolecular Hbond substituents is 1. The molecular weight excluding hydrogens is 582 g/mol.